The Morgan fingerprint density at radius 2 is 2.10 bits per heavy atom. The van der Waals surface area contributed by atoms with Gasteiger partial charge in [-0.1, -0.05) is 12.5 Å². The van der Waals surface area contributed by atoms with Crippen molar-refractivity contribution in [2.45, 2.75) is 43.7 Å². The molecule has 1 aliphatic rings. The van der Waals surface area contributed by atoms with Gasteiger partial charge < -0.3 is 10.3 Å². The number of nitrogens with one attached hydrogen (secondary N) is 2. The highest BCUT2D eigenvalue weighted by Crippen LogP contribution is 2.27. The first-order valence-corrected chi connectivity index (χ1v) is 12.2. The lowest BCUT2D eigenvalue weighted by Crippen LogP contribution is -2.41. The van der Waals surface area contributed by atoms with Crippen molar-refractivity contribution in [3.63, 3.8) is 0 Å². The molecule has 1 fully saturated rings. The largest absolute Gasteiger partial charge is 0.347 e. The topological polar surface area (TPSA) is 99.3 Å². The molecule has 9 heteroatoms. The van der Waals surface area contributed by atoms with E-state index in [9.17, 15) is 18.0 Å². The van der Waals surface area contributed by atoms with E-state index in [2.05, 4.69) is 10.3 Å². The van der Waals surface area contributed by atoms with Crippen LogP contribution in [0.4, 0.5) is 0 Å². The van der Waals surface area contributed by atoms with Crippen LogP contribution in [0.5, 0.6) is 0 Å². The molecule has 1 saturated heterocycles. The SMILES string of the molecule is CC1CCCCN1S(=O)(=O)c1ccc2[nH]c(=O)cc(C(=O)NCc3cccs3)c2c1. The van der Waals surface area contributed by atoms with E-state index in [4.69, 9.17) is 0 Å². The number of aromatic nitrogens is 1. The molecule has 0 spiro atoms. The molecule has 158 valence electrons. The lowest BCUT2D eigenvalue weighted by Gasteiger charge is -2.32. The van der Waals surface area contributed by atoms with Gasteiger partial charge >= 0.3 is 0 Å². The number of piperidine rings is 1. The third-order valence-corrected chi connectivity index (χ3v) is 8.30. The number of carbonyl (C=O) groups excluding carboxylic acids is 1. The molecule has 0 aliphatic carbocycles. The molecule has 1 aromatic carbocycles. The van der Waals surface area contributed by atoms with Gasteiger partial charge in [-0.25, -0.2) is 8.42 Å². The highest BCUT2D eigenvalue weighted by atomic mass is 32.2. The molecule has 2 aromatic heterocycles. The monoisotopic (exact) mass is 445 g/mol. The van der Waals surface area contributed by atoms with Crippen molar-refractivity contribution in [2.75, 3.05) is 6.54 Å². The summed E-state index contributed by atoms with van der Waals surface area (Å²) in [7, 11) is -3.69. The number of fused-ring (bicyclic) bond motifs is 1. The Morgan fingerprint density at radius 1 is 1.27 bits per heavy atom. The summed E-state index contributed by atoms with van der Waals surface area (Å²) in [6.07, 6.45) is 2.68. The number of H-pyrrole nitrogens is 1. The van der Waals surface area contributed by atoms with E-state index in [1.165, 1.54) is 33.8 Å². The van der Waals surface area contributed by atoms with Crippen LogP contribution in [0, 0.1) is 0 Å². The fraction of sp³-hybridized carbons (Fsp3) is 0.333. The minimum Gasteiger partial charge on any atom is -0.347 e. The van der Waals surface area contributed by atoms with Crippen LogP contribution < -0.4 is 10.9 Å². The Labute approximate surface area is 178 Å². The van der Waals surface area contributed by atoms with Crippen LogP contribution in [0.2, 0.25) is 0 Å². The summed E-state index contributed by atoms with van der Waals surface area (Å²) in [4.78, 5) is 28.6. The number of hydrogen-bond acceptors (Lipinski definition) is 5. The number of hydrogen-bond donors (Lipinski definition) is 2. The van der Waals surface area contributed by atoms with Crippen LogP contribution in [0.1, 0.15) is 41.4 Å². The highest BCUT2D eigenvalue weighted by molar-refractivity contribution is 7.89. The number of sulfonamides is 1. The first-order chi connectivity index (χ1) is 14.4. The molecular weight excluding hydrogens is 422 g/mol. The van der Waals surface area contributed by atoms with Gasteiger partial charge in [0.1, 0.15) is 0 Å². The fourth-order valence-electron chi connectivity index (χ4n) is 3.82. The maximum atomic E-state index is 13.2. The summed E-state index contributed by atoms with van der Waals surface area (Å²) in [5.74, 6) is -0.416. The molecule has 0 radical (unpaired) electrons. The van der Waals surface area contributed by atoms with Crippen molar-refractivity contribution in [3.8, 4) is 0 Å². The van der Waals surface area contributed by atoms with Crippen molar-refractivity contribution in [1.29, 1.82) is 0 Å². The maximum absolute atomic E-state index is 13.2. The third-order valence-electron chi connectivity index (χ3n) is 5.41. The second-order valence-electron chi connectivity index (χ2n) is 7.48. The second kappa shape index (κ2) is 8.33. The molecule has 1 unspecified atom stereocenters. The van der Waals surface area contributed by atoms with E-state index in [1.54, 1.807) is 6.07 Å². The van der Waals surface area contributed by atoms with Crippen LogP contribution in [-0.2, 0) is 16.6 Å². The zero-order valence-corrected chi connectivity index (χ0v) is 18.2. The van der Waals surface area contributed by atoms with Crippen LogP contribution in [0.15, 0.2) is 51.5 Å². The van der Waals surface area contributed by atoms with E-state index >= 15 is 0 Å². The predicted octanol–water partition coefficient (Wildman–Crippen LogP) is 3.08. The molecule has 0 saturated carbocycles. The molecule has 7 nitrogen and oxygen atoms in total. The quantitative estimate of drug-likeness (QED) is 0.630. The molecule has 3 aromatic rings. The van der Waals surface area contributed by atoms with Gasteiger partial charge in [0.05, 0.1) is 17.0 Å². The van der Waals surface area contributed by atoms with Gasteiger partial charge in [0, 0.05) is 34.4 Å². The maximum Gasteiger partial charge on any atom is 0.252 e. The number of aromatic amines is 1. The number of benzene rings is 1. The minimum atomic E-state index is -3.69. The molecule has 4 rings (SSSR count). The normalized spacial score (nSPS) is 17.8. The summed E-state index contributed by atoms with van der Waals surface area (Å²) in [6.45, 7) is 2.74. The number of thiophene rings is 1. The average Bonchev–Trinajstić information content (AvgIpc) is 3.25. The lowest BCUT2D eigenvalue weighted by atomic mass is 10.1. The molecule has 1 amide bonds. The van der Waals surface area contributed by atoms with Crippen molar-refractivity contribution in [2.24, 2.45) is 0 Å². The summed E-state index contributed by atoms with van der Waals surface area (Å²) < 4.78 is 28.0. The van der Waals surface area contributed by atoms with Crippen LogP contribution in [0.25, 0.3) is 10.9 Å². The summed E-state index contributed by atoms with van der Waals surface area (Å²) in [5.41, 5.74) is 0.174. The predicted molar refractivity (Wildman–Crippen MR) is 117 cm³/mol. The Morgan fingerprint density at radius 3 is 2.83 bits per heavy atom. The van der Waals surface area contributed by atoms with Crippen LogP contribution in [-0.4, -0.2) is 36.2 Å². The molecule has 30 heavy (non-hydrogen) atoms. The Balaban J connectivity index is 1.72. The number of pyridine rings is 1. The Hall–Kier alpha value is -2.49. The zero-order valence-electron chi connectivity index (χ0n) is 16.6. The van der Waals surface area contributed by atoms with E-state index in [0.717, 1.165) is 24.1 Å². The third kappa shape index (κ3) is 4.05. The lowest BCUT2D eigenvalue weighted by molar-refractivity contribution is 0.0952. The first-order valence-electron chi connectivity index (χ1n) is 9.86. The smallest absolute Gasteiger partial charge is 0.252 e. The fourth-order valence-corrected chi connectivity index (χ4v) is 6.19. The standard InChI is InChI=1S/C21H23N3O4S2/c1-14-5-2-3-9-24(14)30(27,28)16-7-8-19-17(11-16)18(12-20(25)23-19)21(26)22-13-15-6-4-10-29-15/h4,6-8,10-12,14H,2-3,5,9,13H2,1H3,(H,22,26)(H,23,25). The van der Waals surface area contributed by atoms with Gasteiger partial charge in [-0.2, -0.15) is 4.31 Å². The van der Waals surface area contributed by atoms with Gasteiger partial charge in [0.15, 0.2) is 0 Å². The summed E-state index contributed by atoms with van der Waals surface area (Å²) in [5, 5.41) is 5.13. The zero-order chi connectivity index (χ0) is 21.3. The van der Waals surface area contributed by atoms with Gasteiger partial charge in [-0.3, -0.25) is 9.59 Å². The second-order valence-corrected chi connectivity index (χ2v) is 10.4. The van der Waals surface area contributed by atoms with Crippen molar-refractivity contribution < 1.29 is 13.2 Å². The van der Waals surface area contributed by atoms with Crippen molar-refractivity contribution in [1.82, 2.24) is 14.6 Å². The number of rotatable bonds is 5. The number of nitrogens with zero attached hydrogens (tertiary/aromatic N) is 1. The van der Waals surface area contributed by atoms with Crippen LogP contribution in [0.3, 0.4) is 0 Å². The van der Waals surface area contributed by atoms with Gasteiger partial charge in [-0.15, -0.1) is 11.3 Å². The van der Waals surface area contributed by atoms with Gasteiger partial charge in [0.2, 0.25) is 15.6 Å². The van der Waals surface area contributed by atoms with E-state index in [-0.39, 0.29) is 16.5 Å². The Bertz CT molecular complexity index is 1230. The van der Waals surface area contributed by atoms with Gasteiger partial charge in [-0.05, 0) is 49.4 Å². The molecule has 0 bridgehead atoms. The molecule has 2 N–H and O–H groups in total. The Kier molecular flexibility index (Phi) is 5.77. The summed E-state index contributed by atoms with van der Waals surface area (Å²) in [6, 6.07) is 9.48. The first kappa shape index (κ1) is 20.8. The number of amides is 1. The van der Waals surface area contributed by atoms with E-state index in [1.807, 2.05) is 24.4 Å². The van der Waals surface area contributed by atoms with E-state index < -0.39 is 21.5 Å². The molecule has 3 heterocycles. The minimum absolute atomic E-state index is 0.0661. The van der Waals surface area contributed by atoms with Gasteiger partial charge in [0.25, 0.3) is 5.91 Å². The summed E-state index contributed by atoms with van der Waals surface area (Å²) >= 11 is 1.52. The van der Waals surface area contributed by atoms with Crippen LogP contribution >= 0.6 is 11.3 Å². The highest BCUT2D eigenvalue weighted by Gasteiger charge is 2.31. The molecule has 1 atom stereocenters. The average molecular weight is 446 g/mol. The van der Waals surface area contributed by atoms with Crippen molar-refractivity contribution in [3.05, 3.63) is 62.6 Å². The van der Waals surface area contributed by atoms with Crippen molar-refractivity contribution >= 4 is 38.2 Å². The molecule has 1 aliphatic heterocycles. The number of carbonyl (C=O) groups is 1. The van der Waals surface area contributed by atoms with E-state index in [0.29, 0.717) is 24.0 Å². The molecular formula is C21H23N3O4S2.